The van der Waals surface area contributed by atoms with E-state index in [1.807, 2.05) is 60.4 Å². The SMILES string of the molecule is CCN(CC(O)COc1ccc(C(C)(C)c2ccc(OCC3CO3)cc2)cc1)CC(O)COc1ccc(C(C)(C)c2ccc(OCC3CO3)cc2)cc1. The molecule has 0 amide bonds. The number of hydrogen-bond acceptors (Lipinski definition) is 9. The molecule has 2 aliphatic rings. The van der Waals surface area contributed by atoms with Gasteiger partial charge in [-0.25, -0.2) is 0 Å². The molecule has 0 spiro atoms. The van der Waals surface area contributed by atoms with Gasteiger partial charge < -0.3 is 38.6 Å². The van der Waals surface area contributed by atoms with Crippen LogP contribution in [0.5, 0.6) is 23.0 Å². The van der Waals surface area contributed by atoms with Gasteiger partial charge in [-0.1, -0.05) is 83.1 Å². The summed E-state index contributed by atoms with van der Waals surface area (Å²) in [6, 6.07) is 32.5. The van der Waals surface area contributed by atoms with E-state index >= 15 is 0 Å². The van der Waals surface area contributed by atoms with Crippen molar-refractivity contribution in [3.05, 3.63) is 119 Å². The molecular formula is C44H55NO8. The number of rotatable bonds is 21. The normalized spacial score (nSPS) is 18.0. The van der Waals surface area contributed by atoms with Crippen molar-refractivity contribution in [3.8, 4) is 23.0 Å². The lowest BCUT2D eigenvalue weighted by Crippen LogP contribution is -2.41. The van der Waals surface area contributed by atoms with Crippen LogP contribution in [0.3, 0.4) is 0 Å². The van der Waals surface area contributed by atoms with Gasteiger partial charge in [0.2, 0.25) is 0 Å². The van der Waals surface area contributed by atoms with Crippen molar-refractivity contribution < 1.29 is 38.6 Å². The topological polar surface area (TPSA) is 106 Å². The number of aliphatic hydroxyl groups excluding tert-OH is 2. The van der Waals surface area contributed by atoms with E-state index < -0.39 is 12.2 Å². The summed E-state index contributed by atoms with van der Waals surface area (Å²) in [6.07, 6.45) is -0.973. The zero-order valence-electron chi connectivity index (χ0n) is 31.7. The highest BCUT2D eigenvalue weighted by Gasteiger charge is 2.27. The second kappa shape index (κ2) is 17.3. The molecule has 2 heterocycles. The highest BCUT2D eigenvalue weighted by Crippen LogP contribution is 2.35. The predicted molar refractivity (Wildman–Crippen MR) is 206 cm³/mol. The summed E-state index contributed by atoms with van der Waals surface area (Å²) in [5.74, 6) is 3.09. The summed E-state index contributed by atoms with van der Waals surface area (Å²) < 4.78 is 33.9. The summed E-state index contributed by atoms with van der Waals surface area (Å²) in [5, 5.41) is 21.6. The number of epoxide rings is 2. The van der Waals surface area contributed by atoms with Gasteiger partial charge in [-0.05, 0) is 77.3 Å². The van der Waals surface area contributed by atoms with E-state index in [0.717, 1.165) is 35.8 Å². The molecule has 2 fully saturated rings. The molecule has 0 bridgehead atoms. The Morgan fingerprint density at radius 1 is 0.547 bits per heavy atom. The van der Waals surface area contributed by atoms with Gasteiger partial charge >= 0.3 is 0 Å². The van der Waals surface area contributed by atoms with Crippen LogP contribution in [0.1, 0.15) is 56.9 Å². The van der Waals surface area contributed by atoms with Gasteiger partial charge in [-0.15, -0.1) is 0 Å². The molecule has 2 saturated heterocycles. The quantitative estimate of drug-likeness (QED) is 0.0946. The van der Waals surface area contributed by atoms with Gasteiger partial charge in [0.15, 0.2) is 0 Å². The molecule has 284 valence electrons. The van der Waals surface area contributed by atoms with Crippen LogP contribution in [0.15, 0.2) is 97.1 Å². The predicted octanol–water partition coefficient (Wildman–Crippen LogP) is 6.40. The van der Waals surface area contributed by atoms with Crippen molar-refractivity contribution in [1.82, 2.24) is 4.90 Å². The highest BCUT2D eigenvalue weighted by atomic mass is 16.6. The molecule has 4 aromatic rings. The average Bonchev–Trinajstić information content (AvgIpc) is 4.12. The Hall–Kier alpha value is -4.12. The van der Waals surface area contributed by atoms with Crippen molar-refractivity contribution in [1.29, 1.82) is 0 Å². The maximum Gasteiger partial charge on any atom is 0.119 e. The van der Waals surface area contributed by atoms with Crippen molar-refractivity contribution in [2.75, 3.05) is 59.3 Å². The van der Waals surface area contributed by atoms with E-state index in [9.17, 15) is 10.2 Å². The first-order valence-corrected chi connectivity index (χ1v) is 18.7. The number of hydrogen-bond donors (Lipinski definition) is 2. The minimum atomic E-state index is -0.719. The zero-order chi connectivity index (χ0) is 37.4. The van der Waals surface area contributed by atoms with Gasteiger partial charge in [0.25, 0.3) is 0 Å². The molecular weight excluding hydrogens is 670 g/mol. The first-order valence-electron chi connectivity index (χ1n) is 18.7. The van der Waals surface area contributed by atoms with Crippen molar-refractivity contribution in [2.45, 2.75) is 69.9 Å². The van der Waals surface area contributed by atoms with Crippen LogP contribution < -0.4 is 18.9 Å². The minimum Gasteiger partial charge on any atom is -0.491 e. The summed E-state index contributed by atoms with van der Waals surface area (Å²) in [4.78, 5) is 2.01. The molecule has 0 saturated carbocycles. The number of likely N-dealkylation sites (N-methyl/N-ethyl adjacent to an activating group) is 1. The molecule has 6 rings (SSSR count). The third-order valence-corrected chi connectivity index (χ3v) is 10.3. The van der Waals surface area contributed by atoms with E-state index in [4.69, 9.17) is 28.4 Å². The van der Waals surface area contributed by atoms with Gasteiger partial charge in [0, 0.05) is 23.9 Å². The molecule has 9 nitrogen and oxygen atoms in total. The third-order valence-electron chi connectivity index (χ3n) is 10.3. The summed E-state index contributed by atoms with van der Waals surface area (Å²) in [6.45, 7) is 15.3. The van der Waals surface area contributed by atoms with Crippen molar-refractivity contribution in [3.63, 3.8) is 0 Å². The van der Waals surface area contributed by atoms with Crippen molar-refractivity contribution in [2.24, 2.45) is 0 Å². The second-order valence-corrected chi connectivity index (χ2v) is 15.2. The van der Waals surface area contributed by atoms with Crippen LogP contribution in [-0.2, 0) is 20.3 Å². The highest BCUT2D eigenvalue weighted by molar-refractivity contribution is 5.43. The molecule has 2 N–H and O–H groups in total. The van der Waals surface area contributed by atoms with Crippen LogP contribution >= 0.6 is 0 Å². The smallest absolute Gasteiger partial charge is 0.119 e. The first kappa shape index (κ1) is 38.6. The molecule has 0 radical (unpaired) electrons. The monoisotopic (exact) mass is 725 g/mol. The number of ether oxygens (including phenoxy) is 6. The summed E-state index contributed by atoms with van der Waals surface area (Å²) in [5.41, 5.74) is 4.27. The standard InChI is InChI=1S/C44H55NO8/c1-6-45(23-35(46)25-48-37-15-7-31(8-16-37)43(2,3)33-11-19-39(20-12-33)50-27-41-29-52-41)24-36(47)26-49-38-17-9-32(10-18-38)44(4,5)34-13-21-40(22-14-34)51-28-42-30-53-42/h7-22,35-36,41-42,46-47H,6,23-30H2,1-5H3. The van der Waals surface area contributed by atoms with Crippen LogP contribution in [0.25, 0.3) is 0 Å². The van der Waals surface area contributed by atoms with Crippen molar-refractivity contribution >= 4 is 0 Å². The number of aliphatic hydroxyl groups is 2. The zero-order valence-corrected chi connectivity index (χ0v) is 31.7. The molecule has 4 atom stereocenters. The maximum atomic E-state index is 10.8. The lowest BCUT2D eigenvalue weighted by atomic mass is 9.78. The number of nitrogens with zero attached hydrogens (tertiary/aromatic N) is 1. The largest absolute Gasteiger partial charge is 0.491 e. The Morgan fingerprint density at radius 3 is 1.09 bits per heavy atom. The molecule has 0 aromatic heterocycles. The fourth-order valence-corrected chi connectivity index (χ4v) is 6.33. The van der Waals surface area contributed by atoms with E-state index in [2.05, 4.69) is 76.2 Å². The van der Waals surface area contributed by atoms with Gasteiger partial charge in [-0.2, -0.15) is 0 Å². The van der Waals surface area contributed by atoms with E-state index in [0.29, 0.717) is 44.3 Å². The molecule has 4 aromatic carbocycles. The Morgan fingerprint density at radius 2 is 0.830 bits per heavy atom. The average molecular weight is 726 g/mol. The van der Waals surface area contributed by atoms with Crippen LogP contribution in [-0.4, -0.2) is 98.8 Å². The van der Waals surface area contributed by atoms with Gasteiger partial charge in [0.1, 0.15) is 73.8 Å². The second-order valence-electron chi connectivity index (χ2n) is 15.2. The maximum absolute atomic E-state index is 10.8. The van der Waals surface area contributed by atoms with Crippen LogP contribution in [0.2, 0.25) is 0 Å². The van der Waals surface area contributed by atoms with Crippen LogP contribution in [0.4, 0.5) is 0 Å². The molecule has 2 aliphatic heterocycles. The first-order chi connectivity index (χ1) is 25.5. The summed E-state index contributed by atoms with van der Waals surface area (Å²) >= 11 is 0. The van der Waals surface area contributed by atoms with Gasteiger partial charge in [-0.3, -0.25) is 4.90 Å². The minimum absolute atomic E-state index is 0.148. The fourth-order valence-electron chi connectivity index (χ4n) is 6.33. The Bertz CT molecular complexity index is 1570. The Balaban J connectivity index is 0.911. The van der Waals surface area contributed by atoms with E-state index in [1.54, 1.807) is 0 Å². The van der Waals surface area contributed by atoms with E-state index in [-0.39, 0.29) is 36.3 Å². The van der Waals surface area contributed by atoms with Gasteiger partial charge in [0.05, 0.1) is 13.2 Å². The fraction of sp³-hybridized carbons (Fsp3) is 0.455. The number of benzene rings is 4. The Kier molecular flexibility index (Phi) is 12.6. The lowest BCUT2D eigenvalue weighted by molar-refractivity contribution is 0.0334. The third kappa shape index (κ3) is 11.0. The van der Waals surface area contributed by atoms with E-state index in [1.165, 1.54) is 11.1 Å². The molecule has 4 unspecified atom stereocenters. The molecule has 0 aliphatic carbocycles. The Labute approximate surface area is 314 Å². The van der Waals surface area contributed by atoms with Crippen LogP contribution in [0, 0.1) is 0 Å². The molecule has 53 heavy (non-hydrogen) atoms. The summed E-state index contributed by atoms with van der Waals surface area (Å²) in [7, 11) is 0. The lowest BCUT2D eigenvalue weighted by Gasteiger charge is -2.27. The molecule has 9 heteroatoms.